The van der Waals surface area contributed by atoms with Crippen LogP contribution in [-0.4, -0.2) is 5.78 Å². The molecule has 0 amide bonds. The maximum Gasteiger partial charge on any atom is 0.137 e. The molecule has 0 heterocycles. The van der Waals surface area contributed by atoms with E-state index in [1.165, 1.54) is 6.07 Å². The lowest BCUT2D eigenvalue weighted by atomic mass is 9.90. The first-order valence-corrected chi connectivity index (χ1v) is 4.53. The molecule has 0 unspecified atom stereocenters. The average Bonchev–Trinajstić information content (AvgIpc) is 2.12. The van der Waals surface area contributed by atoms with Gasteiger partial charge < -0.3 is 0 Å². The molecule has 1 aliphatic carbocycles. The number of rotatable bonds is 0. The fraction of sp³-hybridized carbons (Fsp3) is 0.300. The quantitative estimate of drug-likeness (QED) is 0.626. The van der Waals surface area contributed by atoms with Crippen molar-refractivity contribution >= 4 is 17.4 Å². The molecular formula is C10H8ClFO. The van der Waals surface area contributed by atoms with Crippen LogP contribution >= 0.6 is 11.6 Å². The van der Waals surface area contributed by atoms with Gasteiger partial charge >= 0.3 is 0 Å². The minimum absolute atomic E-state index is 0.0914. The van der Waals surface area contributed by atoms with Crippen molar-refractivity contribution in [1.82, 2.24) is 0 Å². The van der Waals surface area contributed by atoms with Gasteiger partial charge in [-0.05, 0) is 29.7 Å². The van der Waals surface area contributed by atoms with E-state index in [1.807, 2.05) is 0 Å². The topological polar surface area (TPSA) is 17.1 Å². The Morgan fingerprint density at radius 2 is 2.00 bits per heavy atom. The number of carbonyl (C=O) groups excluding carboxylic acids is 1. The van der Waals surface area contributed by atoms with Gasteiger partial charge in [-0.25, -0.2) is 4.39 Å². The molecule has 0 radical (unpaired) electrons. The first kappa shape index (κ1) is 8.70. The number of halogens is 2. The number of Topliss-reactive ketones (excluding diaryl/α,β-unsaturated/α-hetero) is 1. The van der Waals surface area contributed by atoms with E-state index in [0.29, 0.717) is 23.4 Å². The molecular weight excluding hydrogens is 191 g/mol. The summed E-state index contributed by atoms with van der Waals surface area (Å²) in [6.07, 6.45) is 1.25. The third-order valence-electron chi connectivity index (χ3n) is 2.34. The van der Waals surface area contributed by atoms with Crippen molar-refractivity contribution in [2.24, 2.45) is 0 Å². The first-order valence-electron chi connectivity index (χ1n) is 4.16. The van der Waals surface area contributed by atoms with Crippen molar-refractivity contribution in [2.45, 2.75) is 19.3 Å². The molecule has 0 fully saturated rings. The van der Waals surface area contributed by atoms with Crippen LogP contribution in [0.3, 0.4) is 0 Å². The van der Waals surface area contributed by atoms with E-state index in [-0.39, 0.29) is 18.0 Å². The van der Waals surface area contributed by atoms with Crippen LogP contribution in [0.15, 0.2) is 12.1 Å². The van der Waals surface area contributed by atoms with Crippen LogP contribution in [0.2, 0.25) is 5.02 Å². The Morgan fingerprint density at radius 1 is 1.23 bits per heavy atom. The van der Waals surface area contributed by atoms with Gasteiger partial charge in [-0.15, -0.1) is 0 Å². The molecule has 0 aliphatic heterocycles. The van der Waals surface area contributed by atoms with Crippen LogP contribution in [0.4, 0.5) is 4.39 Å². The van der Waals surface area contributed by atoms with Crippen molar-refractivity contribution in [2.75, 3.05) is 0 Å². The number of hydrogen-bond donors (Lipinski definition) is 0. The summed E-state index contributed by atoms with van der Waals surface area (Å²) < 4.78 is 13.2. The molecule has 13 heavy (non-hydrogen) atoms. The van der Waals surface area contributed by atoms with Crippen LogP contribution < -0.4 is 0 Å². The van der Waals surface area contributed by atoms with Gasteiger partial charge in [-0.3, -0.25) is 4.79 Å². The van der Waals surface area contributed by atoms with Gasteiger partial charge in [0.1, 0.15) is 11.6 Å². The van der Waals surface area contributed by atoms with Gasteiger partial charge in [-0.1, -0.05) is 11.6 Å². The lowest BCUT2D eigenvalue weighted by Crippen LogP contribution is -2.15. The van der Waals surface area contributed by atoms with E-state index < -0.39 is 0 Å². The molecule has 0 atom stereocenters. The molecule has 3 heteroatoms. The Morgan fingerprint density at radius 3 is 2.77 bits per heavy atom. The van der Waals surface area contributed by atoms with Gasteiger partial charge in [0, 0.05) is 17.9 Å². The van der Waals surface area contributed by atoms with Gasteiger partial charge in [-0.2, -0.15) is 0 Å². The molecule has 68 valence electrons. The summed E-state index contributed by atoms with van der Waals surface area (Å²) in [5, 5.41) is 0.573. The predicted molar refractivity (Wildman–Crippen MR) is 48.4 cm³/mol. The summed E-state index contributed by atoms with van der Waals surface area (Å²) in [7, 11) is 0. The Hall–Kier alpha value is -0.890. The third kappa shape index (κ3) is 1.46. The van der Waals surface area contributed by atoms with Crippen molar-refractivity contribution in [3.63, 3.8) is 0 Å². The molecule has 1 nitrogen and oxygen atoms in total. The second-order valence-electron chi connectivity index (χ2n) is 3.20. The molecule has 0 aromatic heterocycles. The van der Waals surface area contributed by atoms with Gasteiger partial charge in [0.05, 0.1) is 0 Å². The maximum absolute atomic E-state index is 13.2. The smallest absolute Gasteiger partial charge is 0.137 e. The maximum atomic E-state index is 13.2. The highest BCUT2D eigenvalue weighted by atomic mass is 35.5. The number of ketones is 1. The summed E-state index contributed by atoms with van der Waals surface area (Å²) in [6, 6.07) is 2.87. The largest absolute Gasteiger partial charge is 0.299 e. The van der Waals surface area contributed by atoms with Crippen molar-refractivity contribution in [3.05, 3.63) is 34.1 Å². The first-order chi connectivity index (χ1) is 6.18. The summed E-state index contributed by atoms with van der Waals surface area (Å²) in [5.41, 5.74) is 1.30. The molecule has 1 aromatic carbocycles. The summed E-state index contributed by atoms with van der Waals surface area (Å²) in [5.74, 6) is -0.221. The zero-order valence-electron chi connectivity index (χ0n) is 6.94. The Bertz CT molecular complexity index is 373. The molecule has 1 aliphatic rings. The highest BCUT2D eigenvalue weighted by Gasteiger charge is 2.20. The van der Waals surface area contributed by atoms with Crippen LogP contribution in [0.1, 0.15) is 17.5 Å². The van der Waals surface area contributed by atoms with E-state index in [2.05, 4.69) is 0 Å². The minimum atomic E-state index is -0.313. The fourth-order valence-electron chi connectivity index (χ4n) is 1.65. The lowest BCUT2D eigenvalue weighted by molar-refractivity contribution is -0.118. The zero-order valence-corrected chi connectivity index (χ0v) is 7.70. The fourth-order valence-corrected chi connectivity index (χ4v) is 1.92. The Kier molecular flexibility index (Phi) is 2.08. The number of benzene rings is 1. The second kappa shape index (κ2) is 3.11. The normalized spacial score (nSPS) is 15.7. The standard InChI is InChI=1S/C10H8ClFO/c11-9-3-4-10(12)8-5-6(13)1-2-7(8)9/h3-4H,1-2,5H2. The van der Waals surface area contributed by atoms with Crippen LogP contribution in [0, 0.1) is 5.82 Å². The van der Waals surface area contributed by atoms with E-state index in [4.69, 9.17) is 11.6 Å². The predicted octanol–water partition coefficient (Wildman–Crippen LogP) is 2.54. The number of hydrogen-bond acceptors (Lipinski definition) is 1. The van der Waals surface area contributed by atoms with E-state index in [9.17, 15) is 9.18 Å². The lowest BCUT2D eigenvalue weighted by Gasteiger charge is -2.16. The van der Waals surface area contributed by atoms with E-state index >= 15 is 0 Å². The number of fused-ring (bicyclic) bond motifs is 1. The third-order valence-corrected chi connectivity index (χ3v) is 2.70. The zero-order chi connectivity index (χ0) is 9.42. The molecule has 0 bridgehead atoms. The average molecular weight is 199 g/mol. The van der Waals surface area contributed by atoms with Crippen molar-refractivity contribution in [1.29, 1.82) is 0 Å². The molecule has 0 N–H and O–H groups in total. The van der Waals surface area contributed by atoms with E-state index in [1.54, 1.807) is 6.07 Å². The molecule has 2 rings (SSSR count). The molecule has 0 saturated carbocycles. The van der Waals surface area contributed by atoms with E-state index in [0.717, 1.165) is 5.56 Å². The summed E-state index contributed by atoms with van der Waals surface area (Å²) >= 11 is 5.88. The number of carbonyl (C=O) groups is 1. The van der Waals surface area contributed by atoms with Crippen LogP contribution in [-0.2, 0) is 17.6 Å². The molecule has 0 saturated heterocycles. The molecule has 1 aromatic rings. The van der Waals surface area contributed by atoms with Crippen molar-refractivity contribution < 1.29 is 9.18 Å². The second-order valence-corrected chi connectivity index (χ2v) is 3.61. The highest BCUT2D eigenvalue weighted by molar-refractivity contribution is 6.31. The Balaban J connectivity index is 2.57. The van der Waals surface area contributed by atoms with Gasteiger partial charge in [0.25, 0.3) is 0 Å². The Labute approximate surface area is 80.5 Å². The highest BCUT2D eigenvalue weighted by Crippen LogP contribution is 2.28. The van der Waals surface area contributed by atoms with Gasteiger partial charge in [0.15, 0.2) is 0 Å². The SMILES string of the molecule is O=C1CCc2c(Cl)ccc(F)c2C1. The van der Waals surface area contributed by atoms with Crippen molar-refractivity contribution in [3.8, 4) is 0 Å². The minimum Gasteiger partial charge on any atom is -0.299 e. The summed E-state index contributed by atoms with van der Waals surface area (Å²) in [4.78, 5) is 11.1. The van der Waals surface area contributed by atoms with Crippen LogP contribution in [0.25, 0.3) is 0 Å². The molecule has 0 spiro atoms. The van der Waals surface area contributed by atoms with Crippen LogP contribution in [0.5, 0.6) is 0 Å². The van der Waals surface area contributed by atoms with Gasteiger partial charge in [0.2, 0.25) is 0 Å². The monoisotopic (exact) mass is 198 g/mol. The summed E-state index contributed by atoms with van der Waals surface area (Å²) in [6.45, 7) is 0.